The van der Waals surface area contributed by atoms with Crippen LogP contribution in [0.25, 0.3) is 85.9 Å². The minimum atomic E-state index is 1.11. The summed E-state index contributed by atoms with van der Waals surface area (Å²) >= 11 is 1.88. The molecule has 11 aromatic rings. The standard InChI is InChI=1S/C54H35NS/c1-2-11-36(12-3-1)37-21-23-38(24-22-37)39-25-29-41(30-26-39)55(43-33-34-49-47-15-5-4-13-45(47)46-14-6-7-16-48(46)52(49)35-43)42-31-27-40(28-32-42)44-18-10-19-51-50-17-8-9-20-53(50)56-54(44)51/h1-35H. The first-order valence-electron chi connectivity index (χ1n) is 19.2. The normalized spacial score (nSPS) is 11.6. The molecule has 262 valence electrons. The third-order valence-electron chi connectivity index (χ3n) is 11.3. The van der Waals surface area contributed by atoms with Gasteiger partial charge in [-0.25, -0.2) is 0 Å². The summed E-state index contributed by atoms with van der Waals surface area (Å²) in [5.41, 5.74) is 10.7. The number of hydrogen-bond acceptors (Lipinski definition) is 2. The zero-order valence-electron chi connectivity index (χ0n) is 30.6. The van der Waals surface area contributed by atoms with E-state index in [0.717, 1.165) is 17.1 Å². The van der Waals surface area contributed by atoms with Crippen molar-refractivity contribution in [1.82, 2.24) is 0 Å². The highest BCUT2D eigenvalue weighted by atomic mass is 32.1. The topological polar surface area (TPSA) is 3.24 Å². The Morgan fingerprint density at radius 1 is 0.268 bits per heavy atom. The van der Waals surface area contributed by atoms with Crippen molar-refractivity contribution in [3.63, 3.8) is 0 Å². The molecule has 11 rings (SSSR count). The molecule has 0 amide bonds. The summed E-state index contributed by atoms with van der Waals surface area (Å²) in [6.07, 6.45) is 0. The molecule has 1 heterocycles. The van der Waals surface area contributed by atoms with Crippen LogP contribution in [-0.4, -0.2) is 0 Å². The first-order valence-corrected chi connectivity index (χ1v) is 20.0. The molecule has 1 nitrogen and oxygen atoms in total. The maximum Gasteiger partial charge on any atom is 0.0468 e. The summed E-state index contributed by atoms with van der Waals surface area (Å²) in [4.78, 5) is 2.40. The molecule has 0 atom stereocenters. The van der Waals surface area contributed by atoms with Gasteiger partial charge in [0.25, 0.3) is 0 Å². The smallest absolute Gasteiger partial charge is 0.0468 e. The Kier molecular flexibility index (Phi) is 7.75. The summed E-state index contributed by atoms with van der Waals surface area (Å²) in [6, 6.07) is 77.6. The Morgan fingerprint density at radius 2 is 0.696 bits per heavy atom. The van der Waals surface area contributed by atoms with E-state index in [2.05, 4.69) is 217 Å². The van der Waals surface area contributed by atoms with E-state index in [-0.39, 0.29) is 0 Å². The number of benzene rings is 10. The van der Waals surface area contributed by atoms with Crippen molar-refractivity contribution < 1.29 is 0 Å². The van der Waals surface area contributed by atoms with Gasteiger partial charge < -0.3 is 4.90 Å². The predicted octanol–water partition coefficient (Wildman–Crippen LogP) is 16.0. The van der Waals surface area contributed by atoms with Crippen LogP contribution < -0.4 is 4.90 Å². The van der Waals surface area contributed by atoms with E-state index in [1.54, 1.807) is 0 Å². The van der Waals surface area contributed by atoms with Gasteiger partial charge in [0, 0.05) is 37.2 Å². The van der Waals surface area contributed by atoms with E-state index in [0.29, 0.717) is 0 Å². The molecule has 1 aromatic heterocycles. The number of thiophene rings is 1. The maximum absolute atomic E-state index is 2.40. The zero-order valence-corrected chi connectivity index (χ0v) is 31.4. The number of hydrogen-bond donors (Lipinski definition) is 0. The molecule has 0 aliphatic rings. The van der Waals surface area contributed by atoms with Crippen molar-refractivity contribution in [1.29, 1.82) is 0 Å². The zero-order chi connectivity index (χ0) is 37.0. The summed E-state index contributed by atoms with van der Waals surface area (Å²) in [5.74, 6) is 0. The van der Waals surface area contributed by atoms with Gasteiger partial charge in [0.2, 0.25) is 0 Å². The molecule has 0 spiro atoms. The number of rotatable bonds is 6. The maximum atomic E-state index is 2.40. The van der Waals surface area contributed by atoms with E-state index in [4.69, 9.17) is 0 Å². The fraction of sp³-hybridized carbons (Fsp3) is 0. The fourth-order valence-electron chi connectivity index (χ4n) is 8.54. The molecule has 0 fully saturated rings. The lowest BCUT2D eigenvalue weighted by atomic mass is 9.94. The second-order valence-corrected chi connectivity index (χ2v) is 15.5. The van der Waals surface area contributed by atoms with Gasteiger partial charge in [0.1, 0.15) is 0 Å². The molecule has 0 unspecified atom stereocenters. The highest BCUT2D eigenvalue weighted by Gasteiger charge is 2.17. The second-order valence-electron chi connectivity index (χ2n) is 14.5. The van der Waals surface area contributed by atoms with Gasteiger partial charge in [0.05, 0.1) is 0 Å². The molecule has 0 N–H and O–H groups in total. The van der Waals surface area contributed by atoms with E-state index < -0.39 is 0 Å². The van der Waals surface area contributed by atoms with Crippen LogP contribution in [0.15, 0.2) is 212 Å². The van der Waals surface area contributed by atoms with Gasteiger partial charge in [-0.3, -0.25) is 0 Å². The van der Waals surface area contributed by atoms with Crippen LogP contribution in [0.4, 0.5) is 17.1 Å². The molecule has 56 heavy (non-hydrogen) atoms. The molecule has 0 saturated carbocycles. The van der Waals surface area contributed by atoms with Crippen LogP contribution >= 0.6 is 11.3 Å². The van der Waals surface area contributed by atoms with Gasteiger partial charge in [-0.1, -0.05) is 170 Å². The lowest BCUT2D eigenvalue weighted by Gasteiger charge is -2.27. The minimum Gasteiger partial charge on any atom is -0.310 e. The second kappa shape index (κ2) is 13.4. The monoisotopic (exact) mass is 729 g/mol. The highest BCUT2D eigenvalue weighted by molar-refractivity contribution is 7.26. The van der Waals surface area contributed by atoms with Gasteiger partial charge in [0.15, 0.2) is 0 Å². The van der Waals surface area contributed by atoms with Gasteiger partial charge in [-0.05, 0) is 108 Å². The summed E-state index contributed by atoms with van der Waals surface area (Å²) in [7, 11) is 0. The summed E-state index contributed by atoms with van der Waals surface area (Å²) in [5, 5.41) is 10.3. The number of nitrogens with zero attached hydrogens (tertiary/aromatic N) is 1. The highest BCUT2D eigenvalue weighted by Crippen LogP contribution is 2.43. The average molecular weight is 730 g/mol. The SMILES string of the molecule is c1ccc(-c2ccc(-c3ccc(N(c4ccc(-c5cccc6c5sc5ccccc56)cc4)c4ccc5c6ccccc6c6ccccc6c5c4)cc3)cc2)cc1. The Balaban J connectivity index is 1.04. The molecule has 0 aliphatic heterocycles. The van der Waals surface area contributed by atoms with E-state index in [1.165, 1.54) is 85.9 Å². The van der Waals surface area contributed by atoms with Crippen molar-refractivity contribution in [3.05, 3.63) is 212 Å². The minimum absolute atomic E-state index is 1.11. The van der Waals surface area contributed by atoms with Crippen molar-refractivity contribution >= 4 is 80.9 Å². The van der Waals surface area contributed by atoms with Crippen molar-refractivity contribution in [3.8, 4) is 33.4 Å². The third-order valence-corrected chi connectivity index (χ3v) is 12.5. The number of fused-ring (bicyclic) bond motifs is 9. The molecule has 0 radical (unpaired) electrons. The van der Waals surface area contributed by atoms with Crippen molar-refractivity contribution in [2.45, 2.75) is 0 Å². The molecule has 0 saturated heterocycles. The van der Waals surface area contributed by atoms with Crippen LogP contribution in [0.1, 0.15) is 0 Å². The summed E-state index contributed by atoms with van der Waals surface area (Å²) < 4.78 is 2.66. The molecular weight excluding hydrogens is 695 g/mol. The molecule has 2 heteroatoms. The van der Waals surface area contributed by atoms with Crippen molar-refractivity contribution in [2.75, 3.05) is 4.90 Å². The average Bonchev–Trinajstić information content (AvgIpc) is 3.67. The quantitative estimate of drug-likeness (QED) is 0.154. The van der Waals surface area contributed by atoms with E-state index >= 15 is 0 Å². The third kappa shape index (κ3) is 5.46. The van der Waals surface area contributed by atoms with E-state index in [9.17, 15) is 0 Å². The molecule has 0 aliphatic carbocycles. The predicted molar refractivity (Wildman–Crippen MR) is 243 cm³/mol. The lowest BCUT2D eigenvalue weighted by molar-refractivity contribution is 1.29. The van der Waals surface area contributed by atoms with E-state index in [1.807, 2.05) is 11.3 Å². The van der Waals surface area contributed by atoms with Gasteiger partial charge in [-0.15, -0.1) is 11.3 Å². The van der Waals surface area contributed by atoms with Crippen LogP contribution in [0.2, 0.25) is 0 Å². The first kappa shape index (κ1) is 32.4. The van der Waals surface area contributed by atoms with Gasteiger partial charge >= 0.3 is 0 Å². The van der Waals surface area contributed by atoms with Crippen LogP contribution in [0.5, 0.6) is 0 Å². The Labute approximate surface area is 330 Å². The Morgan fingerprint density at radius 3 is 1.30 bits per heavy atom. The molecule has 10 aromatic carbocycles. The van der Waals surface area contributed by atoms with Crippen molar-refractivity contribution in [2.24, 2.45) is 0 Å². The summed E-state index contributed by atoms with van der Waals surface area (Å²) in [6.45, 7) is 0. The first-order chi connectivity index (χ1) is 27.8. The fourth-order valence-corrected chi connectivity index (χ4v) is 9.77. The number of anilines is 3. The van der Waals surface area contributed by atoms with Crippen LogP contribution in [0, 0.1) is 0 Å². The molecule has 0 bridgehead atoms. The Bertz CT molecular complexity index is 3180. The lowest BCUT2D eigenvalue weighted by Crippen LogP contribution is -2.10. The van der Waals surface area contributed by atoms with Gasteiger partial charge in [-0.2, -0.15) is 0 Å². The van der Waals surface area contributed by atoms with Crippen LogP contribution in [0.3, 0.4) is 0 Å². The van der Waals surface area contributed by atoms with Crippen LogP contribution in [-0.2, 0) is 0 Å². The largest absolute Gasteiger partial charge is 0.310 e. The molecular formula is C54H35NS. The Hall–Kier alpha value is -7.00.